The molecule has 1 rings (SSSR count). The molecular weight excluding hydrogens is 200 g/mol. The number of carboxylic acid groups (broad SMARTS) is 1. The fourth-order valence-electron chi connectivity index (χ4n) is 1.89. The van der Waals surface area contributed by atoms with Gasteiger partial charge >= 0.3 is 5.97 Å². The minimum absolute atomic E-state index is 0.358. The Labute approximate surface area is 97.3 Å². The van der Waals surface area contributed by atoms with Crippen LogP contribution >= 0.6 is 0 Å². The quantitative estimate of drug-likeness (QED) is 0.823. The van der Waals surface area contributed by atoms with Gasteiger partial charge in [0.1, 0.15) is 0 Å². The lowest BCUT2D eigenvalue weighted by atomic mass is 9.89. The number of hydrogen-bond acceptors (Lipinski definition) is 1. The Morgan fingerprint density at radius 2 is 1.88 bits per heavy atom. The van der Waals surface area contributed by atoms with Crippen molar-refractivity contribution in [2.24, 2.45) is 5.92 Å². The van der Waals surface area contributed by atoms with E-state index >= 15 is 0 Å². The predicted molar refractivity (Wildman–Crippen MR) is 65.6 cm³/mol. The van der Waals surface area contributed by atoms with E-state index in [9.17, 15) is 9.90 Å². The largest absolute Gasteiger partial charge is 0.481 e. The Kier molecular flexibility index (Phi) is 4.53. The standard InChI is InChI=1S/C14H20O2/c1-10(2)8-9-13(14(15)16)12-7-5-4-6-11(12)3/h4-7,10,13H,8-9H2,1-3H3,(H,15,16). The summed E-state index contributed by atoms with van der Waals surface area (Å²) in [5.74, 6) is -0.524. The molecule has 0 radical (unpaired) electrons. The second kappa shape index (κ2) is 5.69. The second-order valence-electron chi connectivity index (χ2n) is 4.72. The average molecular weight is 220 g/mol. The van der Waals surface area contributed by atoms with E-state index in [2.05, 4.69) is 13.8 Å². The molecule has 88 valence electrons. The SMILES string of the molecule is Cc1ccccc1C(CCC(C)C)C(=O)O. The average Bonchev–Trinajstić information content (AvgIpc) is 2.20. The molecule has 2 heteroatoms. The summed E-state index contributed by atoms with van der Waals surface area (Å²) in [6.07, 6.45) is 1.67. The Balaban J connectivity index is 2.86. The summed E-state index contributed by atoms with van der Waals surface area (Å²) >= 11 is 0. The number of hydrogen-bond donors (Lipinski definition) is 1. The van der Waals surface area contributed by atoms with Gasteiger partial charge in [-0.3, -0.25) is 4.79 Å². The summed E-state index contributed by atoms with van der Waals surface area (Å²) < 4.78 is 0. The first-order chi connectivity index (χ1) is 7.52. The highest BCUT2D eigenvalue weighted by Crippen LogP contribution is 2.26. The lowest BCUT2D eigenvalue weighted by molar-refractivity contribution is -0.139. The van der Waals surface area contributed by atoms with Crippen molar-refractivity contribution < 1.29 is 9.90 Å². The van der Waals surface area contributed by atoms with Gasteiger partial charge in [-0.05, 0) is 36.8 Å². The van der Waals surface area contributed by atoms with Gasteiger partial charge < -0.3 is 5.11 Å². The summed E-state index contributed by atoms with van der Waals surface area (Å²) in [5.41, 5.74) is 2.02. The number of carbonyl (C=O) groups is 1. The van der Waals surface area contributed by atoms with Crippen LogP contribution in [0.3, 0.4) is 0 Å². The molecule has 0 saturated carbocycles. The molecule has 0 heterocycles. The Bertz CT molecular complexity index is 356. The molecule has 0 bridgehead atoms. The lowest BCUT2D eigenvalue weighted by Crippen LogP contribution is -2.13. The number of rotatable bonds is 5. The molecule has 0 aliphatic heterocycles. The van der Waals surface area contributed by atoms with Gasteiger partial charge in [-0.2, -0.15) is 0 Å². The Morgan fingerprint density at radius 3 is 2.38 bits per heavy atom. The van der Waals surface area contributed by atoms with Crippen molar-refractivity contribution >= 4 is 5.97 Å². The Hall–Kier alpha value is -1.31. The monoisotopic (exact) mass is 220 g/mol. The lowest BCUT2D eigenvalue weighted by Gasteiger charge is -2.16. The number of benzene rings is 1. The summed E-state index contributed by atoms with van der Waals surface area (Å²) in [6, 6.07) is 7.75. The van der Waals surface area contributed by atoms with Crippen LogP contribution in [-0.2, 0) is 4.79 Å². The third kappa shape index (κ3) is 3.37. The molecule has 0 aliphatic rings. The van der Waals surface area contributed by atoms with E-state index in [0.29, 0.717) is 5.92 Å². The molecular formula is C14H20O2. The summed E-state index contributed by atoms with van der Waals surface area (Å²) in [6.45, 7) is 6.22. The highest BCUT2D eigenvalue weighted by molar-refractivity contribution is 5.76. The van der Waals surface area contributed by atoms with Gasteiger partial charge in [0.15, 0.2) is 0 Å². The molecule has 16 heavy (non-hydrogen) atoms. The maximum Gasteiger partial charge on any atom is 0.310 e. The van der Waals surface area contributed by atoms with Gasteiger partial charge in [-0.1, -0.05) is 38.1 Å². The fourth-order valence-corrected chi connectivity index (χ4v) is 1.89. The van der Waals surface area contributed by atoms with E-state index < -0.39 is 5.97 Å². The van der Waals surface area contributed by atoms with Crippen LogP contribution in [0.2, 0.25) is 0 Å². The third-order valence-electron chi connectivity index (χ3n) is 2.89. The maximum absolute atomic E-state index is 11.3. The van der Waals surface area contributed by atoms with Crippen molar-refractivity contribution in [3.05, 3.63) is 35.4 Å². The molecule has 1 aromatic carbocycles. The van der Waals surface area contributed by atoms with Crippen LogP contribution in [0.15, 0.2) is 24.3 Å². The molecule has 0 aromatic heterocycles. The zero-order valence-electron chi connectivity index (χ0n) is 10.2. The van der Waals surface area contributed by atoms with Crippen molar-refractivity contribution in [3.8, 4) is 0 Å². The first-order valence-electron chi connectivity index (χ1n) is 5.80. The first-order valence-corrected chi connectivity index (χ1v) is 5.80. The molecule has 0 spiro atoms. The van der Waals surface area contributed by atoms with Crippen LogP contribution in [0.1, 0.15) is 43.7 Å². The predicted octanol–water partition coefficient (Wildman–Crippen LogP) is 3.60. The van der Waals surface area contributed by atoms with Gasteiger partial charge in [0.05, 0.1) is 5.92 Å². The van der Waals surface area contributed by atoms with Gasteiger partial charge in [0.2, 0.25) is 0 Å². The first kappa shape index (κ1) is 12.8. The minimum atomic E-state index is -0.713. The number of aryl methyl sites for hydroxylation is 1. The van der Waals surface area contributed by atoms with E-state index in [1.165, 1.54) is 0 Å². The second-order valence-corrected chi connectivity index (χ2v) is 4.72. The van der Waals surface area contributed by atoms with Gasteiger partial charge in [0.25, 0.3) is 0 Å². The third-order valence-corrected chi connectivity index (χ3v) is 2.89. The van der Waals surface area contributed by atoms with Crippen molar-refractivity contribution in [1.82, 2.24) is 0 Å². The molecule has 2 nitrogen and oxygen atoms in total. The zero-order valence-corrected chi connectivity index (χ0v) is 10.2. The molecule has 1 N–H and O–H groups in total. The normalized spacial score (nSPS) is 12.8. The summed E-state index contributed by atoms with van der Waals surface area (Å²) in [7, 11) is 0. The van der Waals surface area contributed by atoms with Crippen molar-refractivity contribution in [1.29, 1.82) is 0 Å². The van der Waals surface area contributed by atoms with Crippen LogP contribution in [0.4, 0.5) is 0 Å². The van der Waals surface area contributed by atoms with E-state index in [1.54, 1.807) is 0 Å². The highest BCUT2D eigenvalue weighted by atomic mass is 16.4. The summed E-state index contributed by atoms with van der Waals surface area (Å²) in [4.78, 5) is 11.3. The van der Waals surface area contributed by atoms with E-state index in [4.69, 9.17) is 0 Å². The van der Waals surface area contributed by atoms with Crippen LogP contribution < -0.4 is 0 Å². The molecule has 1 unspecified atom stereocenters. The number of aliphatic carboxylic acids is 1. The minimum Gasteiger partial charge on any atom is -0.481 e. The van der Waals surface area contributed by atoms with Crippen molar-refractivity contribution in [2.45, 2.75) is 39.5 Å². The van der Waals surface area contributed by atoms with Crippen LogP contribution in [0.5, 0.6) is 0 Å². The van der Waals surface area contributed by atoms with Gasteiger partial charge in [0, 0.05) is 0 Å². The van der Waals surface area contributed by atoms with Crippen molar-refractivity contribution in [2.75, 3.05) is 0 Å². The molecule has 0 fully saturated rings. The topological polar surface area (TPSA) is 37.3 Å². The Morgan fingerprint density at radius 1 is 1.25 bits per heavy atom. The molecule has 1 atom stereocenters. The summed E-state index contributed by atoms with van der Waals surface area (Å²) in [5, 5.41) is 9.26. The van der Waals surface area contributed by atoms with Crippen LogP contribution in [-0.4, -0.2) is 11.1 Å². The van der Waals surface area contributed by atoms with Crippen molar-refractivity contribution in [3.63, 3.8) is 0 Å². The van der Waals surface area contributed by atoms with Crippen LogP contribution in [0, 0.1) is 12.8 Å². The van der Waals surface area contributed by atoms with E-state index in [0.717, 1.165) is 24.0 Å². The fraction of sp³-hybridized carbons (Fsp3) is 0.500. The molecule has 0 amide bonds. The van der Waals surface area contributed by atoms with Crippen LogP contribution in [0.25, 0.3) is 0 Å². The van der Waals surface area contributed by atoms with E-state index in [-0.39, 0.29) is 5.92 Å². The molecule has 0 saturated heterocycles. The van der Waals surface area contributed by atoms with Gasteiger partial charge in [-0.25, -0.2) is 0 Å². The van der Waals surface area contributed by atoms with Gasteiger partial charge in [-0.15, -0.1) is 0 Å². The maximum atomic E-state index is 11.3. The van der Waals surface area contributed by atoms with E-state index in [1.807, 2.05) is 31.2 Å². The highest BCUT2D eigenvalue weighted by Gasteiger charge is 2.21. The zero-order chi connectivity index (χ0) is 12.1. The molecule has 1 aromatic rings. The smallest absolute Gasteiger partial charge is 0.310 e. The number of carboxylic acids is 1. The molecule has 0 aliphatic carbocycles.